The van der Waals surface area contributed by atoms with Gasteiger partial charge in [-0.3, -0.25) is 0 Å². The molecule has 0 saturated carbocycles. The summed E-state index contributed by atoms with van der Waals surface area (Å²) >= 11 is 0. The van der Waals surface area contributed by atoms with E-state index in [0.717, 1.165) is 43.9 Å². The normalized spacial score (nSPS) is 20.2. The van der Waals surface area contributed by atoms with Crippen LogP contribution in [0.3, 0.4) is 0 Å². The third kappa shape index (κ3) is 2.66. The van der Waals surface area contributed by atoms with E-state index in [2.05, 4.69) is 15.4 Å². The van der Waals surface area contributed by atoms with E-state index < -0.39 is 0 Å². The molecule has 1 fully saturated rings. The standard InChI is InChI=1S/C14H17FN4/c15-12-4-1-5-13(9-12)19-14(17-10-18-19)11-3-2-7-16-8-6-11/h1,4-5,9-11,16H,2-3,6-8H2. The molecular weight excluding hydrogens is 243 g/mol. The van der Waals surface area contributed by atoms with Crippen LogP contribution in [0.1, 0.15) is 31.0 Å². The molecule has 0 bridgehead atoms. The van der Waals surface area contributed by atoms with Crippen LogP contribution in [-0.4, -0.2) is 27.9 Å². The lowest BCUT2D eigenvalue weighted by Gasteiger charge is -2.14. The fraction of sp³-hybridized carbons (Fsp3) is 0.429. The third-order valence-electron chi connectivity index (χ3n) is 3.57. The van der Waals surface area contributed by atoms with E-state index in [0.29, 0.717) is 5.92 Å². The van der Waals surface area contributed by atoms with Gasteiger partial charge in [-0.15, -0.1) is 0 Å². The number of nitrogens with one attached hydrogen (secondary N) is 1. The van der Waals surface area contributed by atoms with Gasteiger partial charge < -0.3 is 5.32 Å². The molecule has 0 spiro atoms. The molecule has 5 heteroatoms. The van der Waals surface area contributed by atoms with E-state index in [1.54, 1.807) is 17.1 Å². The molecule has 100 valence electrons. The molecule has 1 atom stereocenters. The summed E-state index contributed by atoms with van der Waals surface area (Å²) in [6.07, 6.45) is 4.84. The van der Waals surface area contributed by atoms with Gasteiger partial charge in [-0.25, -0.2) is 14.1 Å². The van der Waals surface area contributed by atoms with Crippen LogP contribution in [0.25, 0.3) is 5.69 Å². The molecule has 0 radical (unpaired) electrons. The zero-order valence-electron chi connectivity index (χ0n) is 10.7. The molecule has 2 heterocycles. The van der Waals surface area contributed by atoms with E-state index >= 15 is 0 Å². The maximum absolute atomic E-state index is 13.3. The Balaban J connectivity index is 1.93. The number of hydrogen-bond donors (Lipinski definition) is 1. The average Bonchev–Trinajstić information content (AvgIpc) is 2.75. The van der Waals surface area contributed by atoms with Crippen molar-refractivity contribution in [1.29, 1.82) is 0 Å². The smallest absolute Gasteiger partial charge is 0.138 e. The van der Waals surface area contributed by atoms with E-state index in [-0.39, 0.29) is 5.82 Å². The van der Waals surface area contributed by atoms with Gasteiger partial charge in [0.25, 0.3) is 0 Å². The van der Waals surface area contributed by atoms with Crippen molar-refractivity contribution in [2.24, 2.45) is 0 Å². The monoisotopic (exact) mass is 260 g/mol. The van der Waals surface area contributed by atoms with Crippen molar-refractivity contribution < 1.29 is 4.39 Å². The van der Waals surface area contributed by atoms with Crippen LogP contribution < -0.4 is 5.32 Å². The van der Waals surface area contributed by atoms with E-state index in [9.17, 15) is 4.39 Å². The minimum atomic E-state index is -0.249. The highest BCUT2D eigenvalue weighted by Gasteiger charge is 2.20. The Morgan fingerprint density at radius 1 is 1.26 bits per heavy atom. The lowest BCUT2D eigenvalue weighted by atomic mass is 10.00. The molecule has 1 aliphatic heterocycles. The van der Waals surface area contributed by atoms with Crippen LogP contribution in [0.4, 0.5) is 4.39 Å². The molecule has 19 heavy (non-hydrogen) atoms. The quantitative estimate of drug-likeness (QED) is 0.900. The van der Waals surface area contributed by atoms with Gasteiger partial charge in [0, 0.05) is 5.92 Å². The molecule has 0 aliphatic carbocycles. The lowest BCUT2D eigenvalue weighted by molar-refractivity contribution is 0.556. The largest absolute Gasteiger partial charge is 0.317 e. The molecule has 4 nitrogen and oxygen atoms in total. The highest BCUT2D eigenvalue weighted by Crippen LogP contribution is 2.26. The molecule has 3 rings (SSSR count). The highest BCUT2D eigenvalue weighted by molar-refractivity contribution is 5.32. The summed E-state index contributed by atoms with van der Waals surface area (Å²) in [6, 6.07) is 6.49. The Hall–Kier alpha value is -1.75. The van der Waals surface area contributed by atoms with Gasteiger partial charge in [0.1, 0.15) is 18.0 Å². The minimum absolute atomic E-state index is 0.249. The SMILES string of the molecule is Fc1cccc(-n2ncnc2C2CCCNCC2)c1. The Morgan fingerprint density at radius 2 is 2.21 bits per heavy atom. The summed E-state index contributed by atoms with van der Waals surface area (Å²) in [5, 5.41) is 7.64. The van der Waals surface area contributed by atoms with Crippen molar-refractivity contribution in [3.63, 3.8) is 0 Å². The van der Waals surface area contributed by atoms with Gasteiger partial charge in [-0.1, -0.05) is 6.07 Å². The third-order valence-corrected chi connectivity index (χ3v) is 3.57. The maximum atomic E-state index is 13.3. The second-order valence-corrected chi connectivity index (χ2v) is 4.89. The number of aromatic nitrogens is 3. The molecule has 1 saturated heterocycles. The summed E-state index contributed by atoms with van der Waals surface area (Å²) in [7, 11) is 0. The van der Waals surface area contributed by atoms with Gasteiger partial charge >= 0.3 is 0 Å². The molecule has 1 aromatic heterocycles. The van der Waals surface area contributed by atoms with E-state index in [1.807, 2.05) is 6.07 Å². The molecule has 0 amide bonds. The first-order chi connectivity index (χ1) is 9.34. The van der Waals surface area contributed by atoms with Crippen molar-refractivity contribution in [3.8, 4) is 5.69 Å². The summed E-state index contributed by atoms with van der Waals surface area (Å²) in [5.74, 6) is 1.08. The lowest BCUT2D eigenvalue weighted by Crippen LogP contribution is -2.15. The second-order valence-electron chi connectivity index (χ2n) is 4.89. The van der Waals surface area contributed by atoms with Crippen LogP contribution in [0, 0.1) is 5.82 Å². The molecule has 1 aromatic carbocycles. The Bertz CT molecular complexity index is 544. The van der Waals surface area contributed by atoms with Crippen molar-refractivity contribution in [2.75, 3.05) is 13.1 Å². The van der Waals surface area contributed by atoms with Crippen molar-refractivity contribution in [1.82, 2.24) is 20.1 Å². The van der Waals surface area contributed by atoms with E-state index in [4.69, 9.17) is 0 Å². The van der Waals surface area contributed by atoms with Gasteiger partial charge in [-0.2, -0.15) is 5.10 Å². The summed E-state index contributed by atoms with van der Waals surface area (Å²) in [5.41, 5.74) is 0.740. The first-order valence-electron chi connectivity index (χ1n) is 6.71. The molecular formula is C14H17FN4. The van der Waals surface area contributed by atoms with Crippen LogP contribution >= 0.6 is 0 Å². The number of halogens is 1. The highest BCUT2D eigenvalue weighted by atomic mass is 19.1. The predicted molar refractivity (Wildman–Crippen MR) is 70.8 cm³/mol. The fourth-order valence-corrected chi connectivity index (χ4v) is 2.61. The second kappa shape index (κ2) is 5.48. The molecule has 2 aromatic rings. The van der Waals surface area contributed by atoms with Crippen molar-refractivity contribution in [2.45, 2.75) is 25.2 Å². The van der Waals surface area contributed by atoms with Crippen molar-refractivity contribution in [3.05, 3.63) is 42.2 Å². The zero-order chi connectivity index (χ0) is 13.1. The van der Waals surface area contributed by atoms with Crippen LogP contribution in [0.5, 0.6) is 0 Å². The average molecular weight is 260 g/mol. The number of rotatable bonds is 2. The minimum Gasteiger partial charge on any atom is -0.317 e. The fourth-order valence-electron chi connectivity index (χ4n) is 2.61. The number of hydrogen-bond acceptors (Lipinski definition) is 3. The maximum Gasteiger partial charge on any atom is 0.138 e. The number of benzene rings is 1. The first-order valence-corrected chi connectivity index (χ1v) is 6.71. The Kier molecular flexibility index (Phi) is 3.55. The molecule has 1 N–H and O–H groups in total. The van der Waals surface area contributed by atoms with Gasteiger partial charge in [0.05, 0.1) is 5.69 Å². The van der Waals surface area contributed by atoms with Gasteiger partial charge in [0.2, 0.25) is 0 Å². The van der Waals surface area contributed by atoms with Gasteiger partial charge in [0.15, 0.2) is 0 Å². The zero-order valence-corrected chi connectivity index (χ0v) is 10.7. The summed E-state index contributed by atoms with van der Waals surface area (Å²) < 4.78 is 15.1. The first kappa shape index (κ1) is 12.3. The Morgan fingerprint density at radius 3 is 3.11 bits per heavy atom. The summed E-state index contributed by atoms with van der Waals surface area (Å²) in [4.78, 5) is 4.39. The topological polar surface area (TPSA) is 42.7 Å². The Labute approximate surface area is 111 Å². The van der Waals surface area contributed by atoms with Crippen LogP contribution in [-0.2, 0) is 0 Å². The number of nitrogens with zero attached hydrogens (tertiary/aromatic N) is 3. The van der Waals surface area contributed by atoms with Crippen LogP contribution in [0.15, 0.2) is 30.6 Å². The van der Waals surface area contributed by atoms with Crippen LogP contribution in [0.2, 0.25) is 0 Å². The van der Waals surface area contributed by atoms with Gasteiger partial charge in [-0.05, 0) is 50.6 Å². The molecule has 1 unspecified atom stereocenters. The van der Waals surface area contributed by atoms with Crippen molar-refractivity contribution >= 4 is 0 Å². The predicted octanol–water partition coefficient (Wildman–Crippen LogP) is 2.26. The molecule has 1 aliphatic rings. The summed E-state index contributed by atoms with van der Waals surface area (Å²) in [6.45, 7) is 2.06. The van der Waals surface area contributed by atoms with E-state index in [1.165, 1.54) is 12.1 Å².